The van der Waals surface area contributed by atoms with Gasteiger partial charge in [-0.25, -0.2) is 0 Å². The number of rotatable bonds is 3. The van der Waals surface area contributed by atoms with E-state index in [0.717, 1.165) is 13.0 Å². The molecular weight excluding hydrogens is 152 g/mol. The van der Waals surface area contributed by atoms with E-state index >= 15 is 0 Å². The first kappa shape index (κ1) is 9.00. The smallest absolute Gasteiger partial charge is 0.246 e. The van der Waals surface area contributed by atoms with E-state index in [1.165, 1.54) is 0 Å². The van der Waals surface area contributed by atoms with Crippen molar-refractivity contribution < 1.29 is 4.79 Å². The van der Waals surface area contributed by atoms with Gasteiger partial charge in [-0.15, -0.1) is 0 Å². The summed E-state index contributed by atoms with van der Waals surface area (Å²) < 4.78 is 0. The number of hydrogen-bond acceptors (Lipinski definition) is 2. The molecule has 12 heavy (non-hydrogen) atoms. The van der Waals surface area contributed by atoms with Crippen molar-refractivity contribution in [3.05, 3.63) is 24.3 Å². The number of carbonyl (C=O) groups excluding carboxylic acids is 1. The molecule has 1 rings (SSSR count). The Bertz CT molecular complexity index is 209. The Labute approximate surface area is 72.5 Å². The first-order valence-corrected chi connectivity index (χ1v) is 4.17. The van der Waals surface area contributed by atoms with E-state index < -0.39 is 0 Å². The van der Waals surface area contributed by atoms with E-state index in [9.17, 15) is 4.79 Å². The summed E-state index contributed by atoms with van der Waals surface area (Å²) in [6, 6.07) is 0. The lowest BCUT2D eigenvalue weighted by Crippen LogP contribution is -2.31. The van der Waals surface area contributed by atoms with Gasteiger partial charge in [0, 0.05) is 19.2 Å². The molecule has 1 aliphatic heterocycles. The number of allylic oxidation sites excluding steroid dienone is 2. The summed E-state index contributed by atoms with van der Waals surface area (Å²) in [6.45, 7) is 2.09. The van der Waals surface area contributed by atoms with Gasteiger partial charge in [0.1, 0.15) is 0 Å². The summed E-state index contributed by atoms with van der Waals surface area (Å²) in [5.74, 6) is 0.0773. The summed E-state index contributed by atoms with van der Waals surface area (Å²) >= 11 is 0. The van der Waals surface area contributed by atoms with Gasteiger partial charge in [-0.1, -0.05) is 18.2 Å². The van der Waals surface area contributed by atoms with E-state index in [4.69, 9.17) is 5.73 Å². The fraction of sp³-hybridized carbons (Fsp3) is 0.444. The van der Waals surface area contributed by atoms with E-state index in [2.05, 4.69) is 0 Å². The lowest BCUT2D eigenvalue weighted by Gasteiger charge is -2.17. The van der Waals surface area contributed by atoms with E-state index in [1.807, 2.05) is 12.2 Å². The summed E-state index contributed by atoms with van der Waals surface area (Å²) in [4.78, 5) is 13.1. The normalized spacial score (nSPS) is 16.8. The molecule has 0 unspecified atom stereocenters. The van der Waals surface area contributed by atoms with Gasteiger partial charge in [-0.3, -0.25) is 4.79 Å². The average molecular weight is 166 g/mol. The van der Waals surface area contributed by atoms with Crippen LogP contribution in [0, 0.1) is 0 Å². The van der Waals surface area contributed by atoms with Crippen LogP contribution in [0.1, 0.15) is 6.42 Å². The molecule has 0 aromatic rings. The Kier molecular flexibility index (Phi) is 3.54. The zero-order valence-corrected chi connectivity index (χ0v) is 7.07. The van der Waals surface area contributed by atoms with Crippen molar-refractivity contribution >= 4 is 5.91 Å². The van der Waals surface area contributed by atoms with Gasteiger partial charge in [-0.2, -0.15) is 0 Å². The standard InChI is InChI=1S/C9H14N2O/c10-6-4-8-11-7-3-1-2-5-9(11)12/h1-3,5H,4,6-8,10H2. The van der Waals surface area contributed by atoms with Crippen LogP contribution in [0.4, 0.5) is 0 Å². The number of amides is 1. The van der Waals surface area contributed by atoms with Crippen LogP contribution in [0.15, 0.2) is 24.3 Å². The van der Waals surface area contributed by atoms with Gasteiger partial charge in [0.15, 0.2) is 0 Å². The molecule has 0 spiro atoms. The van der Waals surface area contributed by atoms with Crippen LogP contribution in [0.25, 0.3) is 0 Å². The van der Waals surface area contributed by atoms with Crippen molar-refractivity contribution in [1.82, 2.24) is 4.90 Å². The van der Waals surface area contributed by atoms with Gasteiger partial charge in [0.05, 0.1) is 0 Å². The van der Waals surface area contributed by atoms with Crippen molar-refractivity contribution in [2.75, 3.05) is 19.6 Å². The predicted molar refractivity (Wildman–Crippen MR) is 48.5 cm³/mol. The SMILES string of the molecule is NCCCN1CC=CC=CC1=O. The number of hydrogen-bond donors (Lipinski definition) is 1. The first-order chi connectivity index (χ1) is 5.84. The third-order valence-electron chi connectivity index (χ3n) is 1.76. The van der Waals surface area contributed by atoms with Crippen LogP contribution in [-0.4, -0.2) is 30.4 Å². The van der Waals surface area contributed by atoms with Crippen LogP contribution in [0.5, 0.6) is 0 Å². The summed E-state index contributed by atoms with van der Waals surface area (Å²) in [5, 5.41) is 0. The van der Waals surface area contributed by atoms with E-state index in [-0.39, 0.29) is 5.91 Å². The Morgan fingerprint density at radius 1 is 1.50 bits per heavy atom. The maximum absolute atomic E-state index is 11.3. The molecule has 1 amide bonds. The number of nitrogens with two attached hydrogens (primary N) is 1. The minimum Gasteiger partial charge on any atom is -0.335 e. The maximum atomic E-state index is 11.3. The Morgan fingerprint density at radius 3 is 3.08 bits per heavy atom. The third kappa shape index (κ3) is 2.51. The highest BCUT2D eigenvalue weighted by molar-refractivity contribution is 5.88. The van der Waals surface area contributed by atoms with E-state index in [0.29, 0.717) is 13.1 Å². The van der Waals surface area contributed by atoms with Crippen molar-refractivity contribution in [3.63, 3.8) is 0 Å². The molecule has 0 aliphatic carbocycles. The minimum atomic E-state index is 0.0773. The van der Waals surface area contributed by atoms with Crippen LogP contribution >= 0.6 is 0 Å². The molecule has 0 aromatic heterocycles. The zero-order valence-electron chi connectivity index (χ0n) is 7.07. The van der Waals surface area contributed by atoms with Gasteiger partial charge >= 0.3 is 0 Å². The fourth-order valence-corrected chi connectivity index (χ4v) is 1.08. The number of carbonyl (C=O) groups is 1. The molecule has 0 bridgehead atoms. The second kappa shape index (κ2) is 4.72. The highest BCUT2D eigenvalue weighted by Crippen LogP contribution is 1.98. The lowest BCUT2D eigenvalue weighted by molar-refractivity contribution is -0.125. The molecule has 2 N–H and O–H groups in total. The van der Waals surface area contributed by atoms with Gasteiger partial charge in [-0.05, 0) is 13.0 Å². The molecule has 0 fully saturated rings. The van der Waals surface area contributed by atoms with Crippen molar-refractivity contribution in [1.29, 1.82) is 0 Å². The topological polar surface area (TPSA) is 46.3 Å². The Balaban J connectivity index is 2.45. The molecule has 0 saturated carbocycles. The quantitative estimate of drug-likeness (QED) is 0.655. The molecule has 3 heteroatoms. The van der Waals surface area contributed by atoms with Gasteiger partial charge in [0.2, 0.25) is 5.91 Å². The second-order valence-corrected chi connectivity index (χ2v) is 2.71. The van der Waals surface area contributed by atoms with Crippen LogP contribution in [0.3, 0.4) is 0 Å². The van der Waals surface area contributed by atoms with Gasteiger partial charge in [0.25, 0.3) is 0 Å². The second-order valence-electron chi connectivity index (χ2n) is 2.71. The zero-order chi connectivity index (χ0) is 8.81. The van der Waals surface area contributed by atoms with Crippen molar-refractivity contribution in [2.45, 2.75) is 6.42 Å². The van der Waals surface area contributed by atoms with Crippen LogP contribution in [0.2, 0.25) is 0 Å². The average Bonchev–Trinajstić information content (AvgIpc) is 2.27. The fourth-order valence-electron chi connectivity index (χ4n) is 1.08. The summed E-state index contributed by atoms with van der Waals surface area (Å²) in [5.41, 5.74) is 5.36. The molecule has 0 atom stereocenters. The molecule has 0 saturated heterocycles. The molecular formula is C9H14N2O. The third-order valence-corrected chi connectivity index (χ3v) is 1.76. The number of nitrogens with zero attached hydrogens (tertiary/aromatic N) is 1. The largest absolute Gasteiger partial charge is 0.335 e. The Morgan fingerprint density at radius 2 is 2.33 bits per heavy atom. The Hall–Kier alpha value is -1.09. The van der Waals surface area contributed by atoms with Gasteiger partial charge < -0.3 is 10.6 Å². The van der Waals surface area contributed by atoms with Crippen molar-refractivity contribution in [3.8, 4) is 0 Å². The monoisotopic (exact) mass is 166 g/mol. The summed E-state index contributed by atoms with van der Waals surface area (Å²) in [7, 11) is 0. The van der Waals surface area contributed by atoms with E-state index in [1.54, 1.807) is 17.1 Å². The summed E-state index contributed by atoms with van der Waals surface area (Å²) in [6.07, 6.45) is 8.08. The molecule has 1 aliphatic rings. The maximum Gasteiger partial charge on any atom is 0.246 e. The molecule has 3 nitrogen and oxygen atoms in total. The predicted octanol–water partition coefficient (Wildman–Crippen LogP) is 0.290. The molecule has 0 radical (unpaired) electrons. The molecule has 66 valence electrons. The van der Waals surface area contributed by atoms with Crippen LogP contribution < -0.4 is 5.73 Å². The highest BCUT2D eigenvalue weighted by Gasteiger charge is 2.08. The molecule has 1 heterocycles. The minimum absolute atomic E-state index is 0.0773. The molecule has 0 aromatic carbocycles. The van der Waals surface area contributed by atoms with Crippen LogP contribution in [-0.2, 0) is 4.79 Å². The van der Waals surface area contributed by atoms with Crippen molar-refractivity contribution in [2.24, 2.45) is 5.73 Å². The lowest BCUT2D eigenvalue weighted by atomic mass is 10.3. The highest BCUT2D eigenvalue weighted by atomic mass is 16.2. The first-order valence-electron chi connectivity index (χ1n) is 4.17.